The van der Waals surface area contributed by atoms with Gasteiger partial charge in [0.2, 0.25) is 0 Å². The Morgan fingerprint density at radius 1 is 1.14 bits per heavy atom. The van der Waals surface area contributed by atoms with E-state index in [0.717, 1.165) is 5.52 Å². The van der Waals surface area contributed by atoms with Gasteiger partial charge in [-0.3, -0.25) is 4.98 Å². The van der Waals surface area contributed by atoms with E-state index in [9.17, 15) is 0 Å². The van der Waals surface area contributed by atoms with Gasteiger partial charge in [-0.25, -0.2) is 0 Å². The summed E-state index contributed by atoms with van der Waals surface area (Å²) in [6, 6.07) is 8.23. The highest BCUT2D eigenvalue weighted by Gasteiger charge is 2.04. The maximum Gasteiger partial charge on any atom is 0.0706 e. The number of pyridine rings is 1. The summed E-state index contributed by atoms with van der Waals surface area (Å²) in [5, 5.41) is 1.23. The van der Waals surface area contributed by atoms with Crippen LogP contribution in [0.5, 0.6) is 0 Å². The molecular weight excluding hydrogens is 172 g/mol. The van der Waals surface area contributed by atoms with Crippen molar-refractivity contribution in [3.63, 3.8) is 0 Å². The lowest BCUT2D eigenvalue weighted by molar-refractivity contribution is 1.10. The maximum absolute atomic E-state index is 4.42. The molecule has 0 aliphatic carbocycles. The van der Waals surface area contributed by atoms with Crippen LogP contribution in [-0.2, 0) is 0 Å². The molecule has 0 aliphatic rings. The van der Waals surface area contributed by atoms with E-state index in [-0.39, 0.29) is 0 Å². The highest BCUT2D eigenvalue weighted by atomic mass is 15.1. The van der Waals surface area contributed by atoms with Crippen molar-refractivity contribution in [1.29, 1.82) is 0 Å². The number of fused-ring (bicyclic) bond motifs is 1. The Bertz CT molecular complexity index is 461. The molecule has 1 aromatic heterocycles. The first-order valence-electron chi connectivity index (χ1n) is 4.72. The fourth-order valence-corrected chi connectivity index (χ4v) is 1.72. The molecule has 0 amide bonds. The number of hydrogen-bond donors (Lipinski definition) is 0. The number of aryl methyl sites for hydroxylation is 1. The summed E-state index contributed by atoms with van der Waals surface area (Å²) < 4.78 is 0. The van der Waals surface area contributed by atoms with Crippen molar-refractivity contribution in [2.45, 2.75) is 6.92 Å². The highest BCUT2D eigenvalue weighted by Crippen LogP contribution is 2.24. The first-order chi connectivity index (χ1) is 6.70. The van der Waals surface area contributed by atoms with Gasteiger partial charge in [-0.1, -0.05) is 18.2 Å². The van der Waals surface area contributed by atoms with Crippen LogP contribution in [0, 0.1) is 6.92 Å². The summed E-state index contributed by atoms with van der Waals surface area (Å²) in [4.78, 5) is 6.51. The molecule has 72 valence electrons. The van der Waals surface area contributed by atoms with Gasteiger partial charge < -0.3 is 4.90 Å². The van der Waals surface area contributed by atoms with Crippen molar-refractivity contribution in [2.24, 2.45) is 0 Å². The topological polar surface area (TPSA) is 16.1 Å². The smallest absolute Gasteiger partial charge is 0.0706 e. The van der Waals surface area contributed by atoms with Gasteiger partial charge in [-0.2, -0.15) is 0 Å². The van der Waals surface area contributed by atoms with Crippen LogP contribution in [0.15, 0.2) is 30.5 Å². The summed E-state index contributed by atoms with van der Waals surface area (Å²) in [5.41, 5.74) is 3.54. The van der Waals surface area contributed by atoms with E-state index in [1.807, 2.05) is 32.4 Å². The Kier molecular flexibility index (Phi) is 2.12. The van der Waals surface area contributed by atoms with E-state index in [1.54, 1.807) is 0 Å². The zero-order chi connectivity index (χ0) is 10.1. The van der Waals surface area contributed by atoms with Gasteiger partial charge in [-0.15, -0.1) is 0 Å². The van der Waals surface area contributed by atoms with E-state index in [4.69, 9.17) is 0 Å². The number of benzene rings is 1. The summed E-state index contributed by atoms with van der Waals surface area (Å²) >= 11 is 0. The summed E-state index contributed by atoms with van der Waals surface area (Å²) in [5.74, 6) is 0. The predicted octanol–water partition coefficient (Wildman–Crippen LogP) is 2.61. The van der Waals surface area contributed by atoms with E-state index < -0.39 is 0 Å². The molecule has 2 rings (SSSR count). The molecule has 14 heavy (non-hydrogen) atoms. The second-order valence-electron chi connectivity index (χ2n) is 3.68. The van der Waals surface area contributed by atoms with Gasteiger partial charge in [-0.05, 0) is 18.6 Å². The molecule has 0 atom stereocenters. The first kappa shape index (κ1) is 9.00. The van der Waals surface area contributed by atoms with Crippen LogP contribution in [-0.4, -0.2) is 19.1 Å². The van der Waals surface area contributed by atoms with E-state index in [0.29, 0.717) is 0 Å². The molecule has 0 N–H and O–H groups in total. The lowest BCUT2D eigenvalue weighted by Crippen LogP contribution is -2.10. The number of anilines is 1. The zero-order valence-electron chi connectivity index (χ0n) is 8.78. The highest BCUT2D eigenvalue weighted by molar-refractivity contribution is 5.86. The second kappa shape index (κ2) is 3.29. The van der Waals surface area contributed by atoms with Crippen LogP contribution in [0.2, 0.25) is 0 Å². The zero-order valence-corrected chi connectivity index (χ0v) is 8.78. The van der Waals surface area contributed by atoms with E-state index in [2.05, 4.69) is 28.9 Å². The Morgan fingerprint density at radius 2 is 1.86 bits per heavy atom. The average Bonchev–Trinajstić information content (AvgIpc) is 2.18. The van der Waals surface area contributed by atoms with Crippen molar-refractivity contribution in [1.82, 2.24) is 4.98 Å². The van der Waals surface area contributed by atoms with Crippen LogP contribution in [0.4, 0.5) is 5.69 Å². The van der Waals surface area contributed by atoms with Crippen molar-refractivity contribution in [3.05, 3.63) is 36.0 Å². The van der Waals surface area contributed by atoms with Gasteiger partial charge in [0.1, 0.15) is 0 Å². The van der Waals surface area contributed by atoms with Gasteiger partial charge in [0.25, 0.3) is 0 Å². The minimum absolute atomic E-state index is 1.07. The number of hydrogen-bond acceptors (Lipinski definition) is 2. The maximum atomic E-state index is 4.42. The third-order valence-corrected chi connectivity index (χ3v) is 2.50. The molecule has 0 aliphatic heterocycles. The molecule has 2 nitrogen and oxygen atoms in total. The first-order valence-corrected chi connectivity index (χ1v) is 4.72. The molecule has 2 heteroatoms. The lowest BCUT2D eigenvalue weighted by atomic mass is 10.1. The summed E-state index contributed by atoms with van der Waals surface area (Å²) in [7, 11) is 4.08. The minimum Gasteiger partial charge on any atom is -0.376 e. The number of rotatable bonds is 1. The Balaban J connectivity index is 2.75. The molecule has 0 bridgehead atoms. The predicted molar refractivity (Wildman–Crippen MR) is 60.8 cm³/mol. The third kappa shape index (κ3) is 1.33. The molecular formula is C12H14N2. The van der Waals surface area contributed by atoms with Crippen LogP contribution in [0.1, 0.15) is 5.56 Å². The SMILES string of the molecule is Cc1c(N(C)C)cnc2ccccc12. The fourth-order valence-electron chi connectivity index (χ4n) is 1.72. The van der Waals surface area contributed by atoms with E-state index in [1.165, 1.54) is 16.6 Å². The fraction of sp³-hybridized carbons (Fsp3) is 0.250. The molecule has 0 spiro atoms. The lowest BCUT2D eigenvalue weighted by Gasteiger charge is -2.16. The number of para-hydroxylation sites is 1. The number of nitrogens with zero attached hydrogens (tertiary/aromatic N) is 2. The van der Waals surface area contributed by atoms with Crippen LogP contribution in [0.25, 0.3) is 10.9 Å². The Morgan fingerprint density at radius 3 is 2.57 bits per heavy atom. The van der Waals surface area contributed by atoms with Crippen molar-refractivity contribution in [3.8, 4) is 0 Å². The molecule has 0 fully saturated rings. The largest absolute Gasteiger partial charge is 0.376 e. The molecule has 0 saturated heterocycles. The van der Waals surface area contributed by atoms with Crippen molar-refractivity contribution >= 4 is 16.6 Å². The average molecular weight is 186 g/mol. The number of aromatic nitrogens is 1. The van der Waals surface area contributed by atoms with E-state index >= 15 is 0 Å². The third-order valence-electron chi connectivity index (χ3n) is 2.50. The Labute approximate surface area is 84.2 Å². The molecule has 0 unspecified atom stereocenters. The summed E-state index contributed by atoms with van der Waals surface area (Å²) in [6.07, 6.45) is 1.93. The van der Waals surface area contributed by atoms with Crippen molar-refractivity contribution < 1.29 is 0 Å². The van der Waals surface area contributed by atoms with Crippen molar-refractivity contribution in [2.75, 3.05) is 19.0 Å². The molecule has 0 saturated carbocycles. The quantitative estimate of drug-likeness (QED) is 0.680. The van der Waals surface area contributed by atoms with Gasteiger partial charge in [0, 0.05) is 19.5 Å². The van der Waals surface area contributed by atoms with Gasteiger partial charge in [0.15, 0.2) is 0 Å². The van der Waals surface area contributed by atoms with Gasteiger partial charge in [0.05, 0.1) is 17.4 Å². The molecule has 1 heterocycles. The van der Waals surface area contributed by atoms with Crippen LogP contribution >= 0.6 is 0 Å². The van der Waals surface area contributed by atoms with Crippen LogP contribution < -0.4 is 4.90 Å². The summed E-state index contributed by atoms with van der Waals surface area (Å²) in [6.45, 7) is 2.14. The standard InChI is InChI=1S/C12H14N2/c1-9-10-6-4-5-7-11(10)13-8-12(9)14(2)3/h4-8H,1-3H3. The minimum atomic E-state index is 1.07. The van der Waals surface area contributed by atoms with Crippen LogP contribution in [0.3, 0.4) is 0 Å². The van der Waals surface area contributed by atoms with Gasteiger partial charge >= 0.3 is 0 Å². The molecule has 0 radical (unpaired) electrons. The Hall–Kier alpha value is -1.57. The normalized spacial score (nSPS) is 10.5. The molecule has 1 aromatic carbocycles. The molecule has 2 aromatic rings. The second-order valence-corrected chi connectivity index (χ2v) is 3.68. The monoisotopic (exact) mass is 186 g/mol.